The molecule has 164 valence electrons. The Labute approximate surface area is 193 Å². The van der Waals surface area contributed by atoms with Crippen LogP contribution in [0.3, 0.4) is 0 Å². The van der Waals surface area contributed by atoms with E-state index in [9.17, 15) is 4.79 Å². The Morgan fingerprint density at radius 2 is 1.61 bits per heavy atom. The van der Waals surface area contributed by atoms with E-state index >= 15 is 0 Å². The molecule has 0 saturated heterocycles. The molecule has 1 N–H and O–H groups in total. The van der Waals surface area contributed by atoms with Crippen molar-refractivity contribution in [2.45, 2.75) is 26.2 Å². The van der Waals surface area contributed by atoms with Crippen LogP contribution >= 0.6 is 24.8 Å². The minimum absolute atomic E-state index is 0. The van der Waals surface area contributed by atoms with Gasteiger partial charge in [0, 0.05) is 34.8 Å². The zero-order valence-electron chi connectivity index (χ0n) is 17.7. The summed E-state index contributed by atoms with van der Waals surface area (Å²) in [5.74, 6) is 1.35. The number of aromatic amines is 1. The van der Waals surface area contributed by atoms with Crippen LogP contribution in [0.15, 0.2) is 53.5 Å². The van der Waals surface area contributed by atoms with Gasteiger partial charge in [-0.1, -0.05) is 31.5 Å². The Morgan fingerprint density at radius 3 is 2.29 bits per heavy atom. The lowest BCUT2D eigenvalue weighted by atomic mass is 9.97. The molecule has 0 spiro atoms. The molecule has 4 rings (SSSR count). The third-order valence-corrected chi connectivity index (χ3v) is 5.25. The Morgan fingerprint density at radius 1 is 0.935 bits per heavy atom. The summed E-state index contributed by atoms with van der Waals surface area (Å²) >= 11 is 0. The van der Waals surface area contributed by atoms with E-state index in [1.54, 1.807) is 14.2 Å². The molecule has 0 bridgehead atoms. The number of hydrogen-bond donors (Lipinski definition) is 1. The van der Waals surface area contributed by atoms with Gasteiger partial charge < -0.3 is 14.5 Å². The summed E-state index contributed by atoms with van der Waals surface area (Å²) in [5, 5.41) is 3.09. The zero-order valence-corrected chi connectivity index (χ0v) is 19.4. The summed E-state index contributed by atoms with van der Waals surface area (Å²) < 4.78 is 11.0. The molecular formula is C24H26Cl2N2O3. The maximum atomic E-state index is 12.6. The number of H-pyrrole nitrogens is 1. The topological polar surface area (TPSA) is 64.2 Å². The van der Waals surface area contributed by atoms with E-state index in [2.05, 4.69) is 11.9 Å². The first-order chi connectivity index (χ1) is 14.1. The largest absolute Gasteiger partial charge is 0.493 e. The number of hydrogen-bond acceptors (Lipinski definition) is 4. The van der Waals surface area contributed by atoms with Crippen molar-refractivity contribution in [3.8, 4) is 11.5 Å². The Kier molecular flexibility index (Phi) is 8.31. The fourth-order valence-corrected chi connectivity index (χ4v) is 3.78. The SMILES string of the molecule is CCCc1ncc(Cc2cc3ccccc3[nH]c2=O)c2cc(OC)c(OC)cc12.Cl.Cl. The number of nitrogens with one attached hydrogen (secondary N) is 1. The average molecular weight is 461 g/mol. The average Bonchev–Trinajstić information content (AvgIpc) is 2.75. The maximum absolute atomic E-state index is 12.6. The molecule has 0 amide bonds. The van der Waals surface area contributed by atoms with Crippen LogP contribution in [-0.4, -0.2) is 24.2 Å². The number of fused-ring (bicyclic) bond motifs is 2. The molecule has 31 heavy (non-hydrogen) atoms. The van der Waals surface area contributed by atoms with Crippen LogP contribution in [-0.2, 0) is 12.8 Å². The van der Waals surface area contributed by atoms with Gasteiger partial charge in [-0.2, -0.15) is 0 Å². The molecular weight excluding hydrogens is 435 g/mol. The number of pyridine rings is 2. The molecule has 4 aromatic rings. The highest BCUT2D eigenvalue weighted by Crippen LogP contribution is 2.35. The number of rotatable bonds is 6. The smallest absolute Gasteiger partial charge is 0.251 e. The highest BCUT2D eigenvalue weighted by molar-refractivity contribution is 5.91. The predicted octanol–water partition coefficient (Wildman–Crippen LogP) is 5.48. The Hall–Kier alpha value is -2.76. The standard InChI is InChI=1S/C24H24N2O3.2ClH/c1-4-7-21-19-13-23(29-3)22(28-2)12-18(19)17(14-25-21)11-16-10-15-8-5-6-9-20(15)26-24(16)27;;/h5-6,8-10,12-14H,4,7,11H2,1-3H3,(H,26,27);2*1H. The second-order valence-corrected chi connectivity index (χ2v) is 7.12. The van der Waals surface area contributed by atoms with Crippen molar-refractivity contribution in [1.29, 1.82) is 0 Å². The molecule has 0 fully saturated rings. The van der Waals surface area contributed by atoms with Crippen LogP contribution in [0.2, 0.25) is 0 Å². The van der Waals surface area contributed by atoms with Crippen LogP contribution < -0.4 is 15.0 Å². The number of methoxy groups -OCH3 is 2. The normalized spacial score (nSPS) is 10.4. The highest BCUT2D eigenvalue weighted by Gasteiger charge is 2.14. The summed E-state index contributed by atoms with van der Waals surface area (Å²) in [4.78, 5) is 20.3. The summed E-state index contributed by atoms with van der Waals surface area (Å²) in [5.41, 5.74) is 3.50. The number of benzene rings is 2. The van der Waals surface area contributed by atoms with Gasteiger partial charge in [0.25, 0.3) is 5.56 Å². The monoisotopic (exact) mass is 460 g/mol. The molecule has 0 radical (unpaired) electrons. The van der Waals surface area contributed by atoms with Gasteiger partial charge in [0.1, 0.15) is 0 Å². The number of aryl methyl sites for hydroxylation is 1. The van der Waals surface area contributed by atoms with Crippen LogP contribution in [0, 0.1) is 0 Å². The van der Waals surface area contributed by atoms with Gasteiger partial charge in [0.05, 0.1) is 14.2 Å². The van der Waals surface area contributed by atoms with Crippen molar-refractivity contribution in [3.63, 3.8) is 0 Å². The van der Waals surface area contributed by atoms with Gasteiger partial charge >= 0.3 is 0 Å². The molecule has 2 aromatic heterocycles. The summed E-state index contributed by atoms with van der Waals surface area (Å²) in [7, 11) is 3.26. The molecule has 2 aromatic carbocycles. The Balaban J connectivity index is 0.00000171. The van der Waals surface area contributed by atoms with Gasteiger partial charge in [-0.25, -0.2) is 0 Å². The van der Waals surface area contributed by atoms with E-state index in [4.69, 9.17) is 14.5 Å². The lowest BCUT2D eigenvalue weighted by Crippen LogP contribution is -2.13. The maximum Gasteiger partial charge on any atom is 0.251 e. The van der Waals surface area contributed by atoms with Crippen molar-refractivity contribution in [2.75, 3.05) is 14.2 Å². The first-order valence-corrected chi connectivity index (χ1v) is 9.78. The van der Waals surface area contributed by atoms with Crippen LogP contribution in [0.4, 0.5) is 0 Å². The second kappa shape index (κ2) is 10.5. The molecule has 0 atom stereocenters. The van der Waals surface area contributed by atoms with E-state index in [0.717, 1.165) is 45.8 Å². The number of ether oxygens (including phenoxy) is 2. The summed E-state index contributed by atoms with van der Waals surface area (Å²) in [6.45, 7) is 2.14. The van der Waals surface area contributed by atoms with Crippen molar-refractivity contribution in [1.82, 2.24) is 9.97 Å². The molecule has 0 aliphatic heterocycles. The number of aromatic nitrogens is 2. The van der Waals surface area contributed by atoms with Crippen molar-refractivity contribution >= 4 is 46.5 Å². The van der Waals surface area contributed by atoms with E-state index in [-0.39, 0.29) is 30.4 Å². The molecule has 2 heterocycles. The van der Waals surface area contributed by atoms with Crippen LogP contribution in [0.25, 0.3) is 21.7 Å². The number of para-hydroxylation sites is 1. The summed E-state index contributed by atoms with van der Waals surface area (Å²) in [6.07, 6.45) is 4.25. The molecule has 0 aliphatic rings. The third-order valence-electron chi connectivity index (χ3n) is 5.25. The van der Waals surface area contributed by atoms with Gasteiger partial charge in [-0.15, -0.1) is 24.8 Å². The summed E-state index contributed by atoms with van der Waals surface area (Å²) in [6, 6.07) is 13.7. The van der Waals surface area contributed by atoms with Gasteiger partial charge in [0.2, 0.25) is 0 Å². The highest BCUT2D eigenvalue weighted by atomic mass is 35.5. The quantitative estimate of drug-likeness (QED) is 0.413. The number of halogens is 2. The van der Waals surface area contributed by atoms with E-state index in [0.29, 0.717) is 23.5 Å². The van der Waals surface area contributed by atoms with E-state index < -0.39 is 0 Å². The molecule has 0 saturated carbocycles. The van der Waals surface area contributed by atoms with Gasteiger partial charge in [-0.3, -0.25) is 9.78 Å². The van der Waals surface area contributed by atoms with Crippen LogP contribution in [0.1, 0.15) is 30.2 Å². The zero-order chi connectivity index (χ0) is 20.4. The molecule has 7 heteroatoms. The first-order valence-electron chi connectivity index (χ1n) is 9.78. The van der Waals surface area contributed by atoms with Crippen molar-refractivity contribution in [3.05, 3.63) is 75.8 Å². The molecule has 0 unspecified atom stereocenters. The fourth-order valence-electron chi connectivity index (χ4n) is 3.78. The van der Waals surface area contributed by atoms with Crippen molar-refractivity contribution < 1.29 is 9.47 Å². The lowest BCUT2D eigenvalue weighted by molar-refractivity contribution is 0.356. The predicted molar refractivity (Wildman–Crippen MR) is 131 cm³/mol. The Bertz CT molecular complexity index is 1250. The number of nitrogens with zero attached hydrogens (tertiary/aromatic N) is 1. The molecule has 5 nitrogen and oxygen atoms in total. The fraction of sp³-hybridized carbons (Fsp3) is 0.250. The first kappa shape index (κ1) is 24.5. The second-order valence-electron chi connectivity index (χ2n) is 7.12. The van der Waals surface area contributed by atoms with E-state index in [1.807, 2.05) is 48.7 Å². The minimum Gasteiger partial charge on any atom is -0.493 e. The third kappa shape index (κ3) is 4.78. The van der Waals surface area contributed by atoms with Gasteiger partial charge in [0.15, 0.2) is 11.5 Å². The minimum atomic E-state index is -0.0741. The molecule has 0 aliphatic carbocycles. The van der Waals surface area contributed by atoms with Crippen LogP contribution in [0.5, 0.6) is 11.5 Å². The van der Waals surface area contributed by atoms with E-state index in [1.165, 1.54) is 0 Å². The van der Waals surface area contributed by atoms with Gasteiger partial charge in [-0.05, 0) is 47.0 Å². The van der Waals surface area contributed by atoms with Crippen molar-refractivity contribution in [2.24, 2.45) is 0 Å². The lowest BCUT2D eigenvalue weighted by Gasteiger charge is -2.14.